The summed E-state index contributed by atoms with van der Waals surface area (Å²) in [7, 11) is -3.59. The molecule has 0 spiro atoms. The van der Waals surface area contributed by atoms with Crippen molar-refractivity contribution in [3.05, 3.63) is 16.4 Å². The summed E-state index contributed by atoms with van der Waals surface area (Å²) >= 11 is 0. The monoisotopic (exact) mass is 260 g/mol. The molecule has 1 saturated heterocycles. The molecular formula is C8H12N4O4S. The minimum absolute atomic E-state index is 0.115. The highest BCUT2D eigenvalue weighted by atomic mass is 32.2. The van der Waals surface area contributed by atoms with Crippen molar-refractivity contribution in [3.8, 4) is 0 Å². The number of aromatic amines is 2. The Morgan fingerprint density at radius 3 is 2.65 bits per heavy atom. The number of aromatic nitrogens is 2. The predicted molar refractivity (Wildman–Crippen MR) is 59.8 cm³/mol. The molecule has 1 unspecified atom stereocenters. The van der Waals surface area contributed by atoms with Crippen LogP contribution >= 0.6 is 0 Å². The molecule has 0 radical (unpaired) electrons. The van der Waals surface area contributed by atoms with Crippen molar-refractivity contribution in [1.82, 2.24) is 10.2 Å². The largest absolute Gasteiger partial charge is 0.297 e. The number of nitrogens with two attached hydrogens (primary N) is 1. The van der Waals surface area contributed by atoms with Crippen molar-refractivity contribution in [3.63, 3.8) is 0 Å². The van der Waals surface area contributed by atoms with E-state index in [-0.39, 0.29) is 36.1 Å². The van der Waals surface area contributed by atoms with Gasteiger partial charge in [0.1, 0.15) is 5.82 Å². The van der Waals surface area contributed by atoms with E-state index in [4.69, 9.17) is 5.14 Å². The number of nitrogens with one attached hydrogen (secondary N) is 2. The van der Waals surface area contributed by atoms with Crippen molar-refractivity contribution in [2.45, 2.75) is 6.42 Å². The average Bonchev–Trinajstić information content (AvgIpc) is 2.70. The Bertz CT molecular complexity index is 587. The third kappa shape index (κ3) is 2.74. The minimum atomic E-state index is -3.59. The van der Waals surface area contributed by atoms with Gasteiger partial charge in [0.05, 0.1) is 5.75 Å². The van der Waals surface area contributed by atoms with Gasteiger partial charge in [0.2, 0.25) is 15.9 Å². The van der Waals surface area contributed by atoms with Crippen LogP contribution in [-0.4, -0.2) is 36.8 Å². The van der Waals surface area contributed by atoms with E-state index < -0.39 is 10.0 Å². The molecule has 1 aromatic heterocycles. The molecular weight excluding hydrogens is 248 g/mol. The predicted octanol–water partition coefficient (Wildman–Crippen LogP) is -1.66. The molecule has 2 rings (SSSR count). The summed E-state index contributed by atoms with van der Waals surface area (Å²) in [6.45, 7) is 0.239. The van der Waals surface area contributed by atoms with Gasteiger partial charge in [-0.25, -0.2) is 13.6 Å². The second-order valence-corrected chi connectivity index (χ2v) is 5.71. The lowest BCUT2D eigenvalue weighted by Crippen LogP contribution is -2.27. The van der Waals surface area contributed by atoms with Gasteiger partial charge in [-0.1, -0.05) is 0 Å². The van der Waals surface area contributed by atoms with Gasteiger partial charge in [-0.15, -0.1) is 0 Å². The molecule has 4 N–H and O–H groups in total. The molecule has 94 valence electrons. The van der Waals surface area contributed by atoms with E-state index in [0.29, 0.717) is 5.82 Å². The summed E-state index contributed by atoms with van der Waals surface area (Å²) in [6, 6.07) is 1.25. The van der Waals surface area contributed by atoms with Gasteiger partial charge in [-0.05, 0) is 0 Å². The van der Waals surface area contributed by atoms with Crippen LogP contribution < -0.4 is 15.6 Å². The van der Waals surface area contributed by atoms with Gasteiger partial charge >= 0.3 is 0 Å². The Labute approximate surface area is 96.8 Å². The highest BCUT2D eigenvalue weighted by molar-refractivity contribution is 7.89. The highest BCUT2D eigenvalue weighted by Crippen LogP contribution is 2.22. The lowest BCUT2D eigenvalue weighted by molar-refractivity contribution is -0.117. The first kappa shape index (κ1) is 11.9. The van der Waals surface area contributed by atoms with Crippen molar-refractivity contribution in [1.29, 1.82) is 0 Å². The molecule has 1 aromatic rings. The SMILES string of the molecule is NS(=O)(=O)CC1CC(=O)N(c2cc(=O)[nH][nH]2)C1. The van der Waals surface area contributed by atoms with Gasteiger partial charge in [-0.2, -0.15) is 0 Å². The summed E-state index contributed by atoms with van der Waals surface area (Å²) in [4.78, 5) is 23.9. The fraction of sp³-hybridized carbons (Fsp3) is 0.500. The van der Waals surface area contributed by atoms with Crippen molar-refractivity contribution in [2.75, 3.05) is 17.2 Å². The maximum Gasteiger partial charge on any atom is 0.266 e. The minimum Gasteiger partial charge on any atom is -0.297 e. The lowest BCUT2D eigenvalue weighted by atomic mass is 10.1. The molecule has 0 saturated carbocycles. The smallest absolute Gasteiger partial charge is 0.266 e. The number of primary sulfonamides is 1. The Balaban J connectivity index is 2.13. The van der Waals surface area contributed by atoms with Crippen LogP contribution in [0.3, 0.4) is 0 Å². The molecule has 0 aliphatic carbocycles. The third-order valence-corrected chi connectivity index (χ3v) is 3.48. The Morgan fingerprint density at radius 2 is 2.12 bits per heavy atom. The molecule has 9 heteroatoms. The second-order valence-electron chi connectivity index (χ2n) is 4.05. The molecule has 1 fully saturated rings. The number of amides is 1. The van der Waals surface area contributed by atoms with Crippen LogP contribution in [0.4, 0.5) is 5.82 Å². The van der Waals surface area contributed by atoms with Gasteiger partial charge in [0.15, 0.2) is 0 Å². The first-order valence-electron chi connectivity index (χ1n) is 4.94. The van der Waals surface area contributed by atoms with E-state index in [1.165, 1.54) is 11.0 Å². The molecule has 17 heavy (non-hydrogen) atoms. The fourth-order valence-electron chi connectivity index (χ4n) is 1.92. The molecule has 1 aliphatic rings. The Morgan fingerprint density at radius 1 is 1.41 bits per heavy atom. The van der Waals surface area contributed by atoms with E-state index in [9.17, 15) is 18.0 Å². The molecule has 1 atom stereocenters. The van der Waals surface area contributed by atoms with E-state index >= 15 is 0 Å². The van der Waals surface area contributed by atoms with Gasteiger partial charge in [0.25, 0.3) is 5.56 Å². The van der Waals surface area contributed by atoms with Gasteiger partial charge < -0.3 is 0 Å². The van der Waals surface area contributed by atoms with Crippen LogP contribution in [0.15, 0.2) is 10.9 Å². The van der Waals surface area contributed by atoms with E-state index in [1.807, 2.05) is 0 Å². The van der Waals surface area contributed by atoms with Crippen LogP contribution in [0.2, 0.25) is 0 Å². The normalized spacial score (nSPS) is 21.1. The maximum atomic E-state index is 11.6. The maximum absolute atomic E-state index is 11.6. The number of anilines is 1. The van der Waals surface area contributed by atoms with Crippen molar-refractivity contribution >= 4 is 21.7 Å². The van der Waals surface area contributed by atoms with Crippen molar-refractivity contribution in [2.24, 2.45) is 11.1 Å². The fourth-order valence-corrected chi connectivity index (χ4v) is 2.80. The number of carbonyl (C=O) groups excluding carboxylic acids is 1. The number of H-pyrrole nitrogens is 2. The van der Waals surface area contributed by atoms with E-state index in [2.05, 4.69) is 10.2 Å². The summed E-state index contributed by atoms with van der Waals surface area (Å²) in [6.07, 6.45) is 0.115. The van der Waals surface area contributed by atoms with Crippen LogP contribution in [0.1, 0.15) is 6.42 Å². The molecule has 8 nitrogen and oxygen atoms in total. The van der Waals surface area contributed by atoms with E-state index in [0.717, 1.165) is 0 Å². The lowest BCUT2D eigenvalue weighted by Gasteiger charge is -2.13. The standard InChI is InChI=1S/C8H12N4O4S/c9-17(15,16)4-5-1-8(14)12(3-5)6-2-7(13)11-10-6/h2,5H,1,3-4H2,(H2,9,15,16)(H2,10,11,13). The number of hydrogen-bond donors (Lipinski definition) is 3. The Kier molecular flexibility index (Phi) is 2.79. The van der Waals surface area contributed by atoms with Crippen LogP contribution in [-0.2, 0) is 14.8 Å². The zero-order chi connectivity index (χ0) is 12.6. The number of hydrogen-bond acceptors (Lipinski definition) is 4. The highest BCUT2D eigenvalue weighted by Gasteiger charge is 2.33. The quantitative estimate of drug-likeness (QED) is 0.600. The third-order valence-electron chi connectivity index (χ3n) is 2.55. The zero-order valence-electron chi connectivity index (χ0n) is 8.84. The number of nitrogens with zero attached hydrogens (tertiary/aromatic N) is 1. The van der Waals surface area contributed by atoms with E-state index in [1.54, 1.807) is 0 Å². The molecule has 1 aliphatic heterocycles. The van der Waals surface area contributed by atoms with Gasteiger partial charge in [-0.3, -0.25) is 24.7 Å². The number of rotatable bonds is 3. The van der Waals surface area contributed by atoms with Crippen molar-refractivity contribution < 1.29 is 13.2 Å². The van der Waals surface area contributed by atoms with Crippen LogP contribution in [0, 0.1) is 5.92 Å². The number of sulfonamides is 1. The summed E-state index contributed by atoms with van der Waals surface area (Å²) in [5.41, 5.74) is -0.345. The number of carbonyl (C=O) groups is 1. The first-order valence-corrected chi connectivity index (χ1v) is 6.65. The molecule has 2 heterocycles. The van der Waals surface area contributed by atoms with Gasteiger partial charge in [0, 0.05) is 24.9 Å². The molecule has 1 amide bonds. The van der Waals surface area contributed by atoms with Crippen LogP contribution in [0.5, 0.6) is 0 Å². The average molecular weight is 260 g/mol. The second kappa shape index (κ2) is 4.00. The zero-order valence-corrected chi connectivity index (χ0v) is 9.66. The summed E-state index contributed by atoms with van der Waals surface area (Å²) in [5, 5.41) is 9.79. The van der Waals surface area contributed by atoms with Crippen LogP contribution in [0.25, 0.3) is 0 Å². The summed E-state index contributed by atoms with van der Waals surface area (Å²) in [5.74, 6) is -0.453. The molecule has 0 bridgehead atoms. The first-order chi connectivity index (χ1) is 7.85. The Hall–Kier alpha value is -1.61. The summed E-state index contributed by atoms with van der Waals surface area (Å²) < 4.78 is 21.9. The molecule has 0 aromatic carbocycles. The topological polar surface area (TPSA) is 129 Å².